The Kier molecular flexibility index (Phi) is 6.84. The van der Waals surface area contributed by atoms with Crippen molar-refractivity contribution >= 4 is 27.8 Å². The molecule has 1 nitrogen and oxygen atoms in total. The van der Waals surface area contributed by atoms with Gasteiger partial charge in [-0.05, 0) is 114 Å². The van der Waals surface area contributed by atoms with Gasteiger partial charge in [0.15, 0.2) is 0 Å². The van der Waals surface area contributed by atoms with Gasteiger partial charge in [0, 0.05) is 17.1 Å². The molecule has 9 aromatic carbocycles. The third-order valence-electron chi connectivity index (χ3n) is 11.7. The van der Waals surface area contributed by atoms with Crippen LogP contribution in [-0.2, 0) is 5.41 Å². The molecule has 9 aromatic rings. The largest absolute Gasteiger partial charge is 0.310 e. The lowest BCUT2D eigenvalue weighted by Gasteiger charge is -2.31. The highest BCUT2D eigenvalue weighted by Gasteiger charge is 2.51. The predicted octanol–water partition coefficient (Wildman–Crippen LogP) is 14.0. The maximum absolute atomic E-state index is 2.43. The van der Waals surface area contributed by atoms with E-state index in [4.69, 9.17) is 0 Å². The van der Waals surface area contributed by atoms with E-state index in [1.54, 1.807) is 0 Å². The maximum atomic E-state index is 2.43. The lowest BCUT2D eigenvalue weighted by molar-refractivity contribution is 0.794. The molecule has 0 aromatic heterocycles. The average molecular weight is 686 g/mol. The van der Waals surface area contributed by atoms with E-state index >= 15 is 0 Å². The zero-order chi connectivity index (χ0) is 35.6. The fourth-order valence-corrected chi connectivity index (χ4v) is 9.40. The normalized spacial score (nSPS) is 13.0. The van der Waals surface area contributed by atoms with Gasteiger partial charge in [0.25, 0.3) is 0 Å². The lowest BCUT2D eigenvalue weighted by Crippen LogP contribution is -2.25. The van der Waals surface area contributed by atoms with Crippen LogP contribution in [0.5, 0.6) is 0 Å². The highest BCUT2D eigenvalue weighted by atomic mass is 15.1. The molecule has 2 aliphatic rings. The molecule has 0 saturated carbocycles. The van der Waals surface area contributed by atoms with Gasteiger partial charge in [0.05, 0.1) is 5.41 Å². The summed E-state index contributed by atoms with van der Waals surface area (Å²) in [6.45, 7) is 0. The third-order valence-corrected chi connectivity index (χ3v) is 11.7. The first-order valence-electron chi connectivity index (χ1n) is 18.8. The molecule has 0 radical (unpaired) electrons. The zero-order valence-corrected chi connectivity index (χ0v) is 29.7. The van der Waals surface area contributed by atoms with Crippen LogP contribution in [0, 0.1) is 0 Å². The van der Waals surface area contributed by atoms with Gasteiger partial charge in [-0.25, -0.2) is 0 Å². The van der Waals surface area contributed by atoms with Crippen molar-refractivity contribution in [1.29, 1.82) is 0 Å². The van der Waals surface area contributed by atoms with Crippen molar-refractivity contribution in [2.45, 2.75) is 5.41 Å². The van der Waals surface area contributed by atoms with Gasteiger partial charge < -0.3 is 4.90 Å². The summed E-state index contributed by atoms with van der Waals surface area (Å²) in [4.78, 5) is 2.42. The van der Waals surface area contributed by atoms with E-state index in [1.807, 2.05) is 0 Å². The Labute approximate surface area is 316 Å². The Bertz CT molecular complexity index is 2830. The van der Waals surface area contributed by atoms with Gasteiger partial charge in [-0.2, -0.15) is 0 Å². The first kappa shape index (κ1) is 30.6. The van der Waals surface area contributed by atoms with Crippen molar-refractivity contribution in [3.8, 4) is 44.5 Å². The molecule has 0 unspecified atom stereocenters. The number of rotatable bonds is 5. The van der Waals surface area contributed by atoms with Crippen LogP contribution >= 0.6 is 0 Å². The van der Waals surface area contributed by atoms with Crippen LogP contribution in [0.4, 0.5) is 17.1 Å². The van der Waals surface area contributed by atoms with E-state index in [0.717, 1.165) is 17.1 Å². The van der Waals surface area contributed by atoms with Gasteiger partial charge in [-0.3, -0.25) is 0 Å². The third kappa shape index (κ3) is 4.45. The van der Waals surface area contributed by atoms with E-state index in [9.17, 15) is 0 Å². The fourth-order valence-electron chi connectivity index (χ4n) is 9.40. The van der Waals surface area contributed by atoms with E-state index in [1.165, 1.54) is 77.5 Å². The fraction of sp³-hybridized carbons (Fsp3) is 0.0189. The Morgan fingerprint density at radius 2 is 0.778 bits per heavy atom. The monoisotopic (exact) mass is 685 g/mol. The molecule has 1 heteroatoms. The van der Waals surface area contributed by atoms with E-state index in [0.29, 0.717) is 0 Å². The van der Waals surface area contributed by atoms with E-state index in [2.05, 4.69) is 217 Å². The van der Waals surface area contributed by atoms with Gasteiger partial charge in [0.1, 0.15) is 0 Å². The van der Waals surface area contributed by atoms with Crippen LogP contribution in [0.2, 0.25) is 0 Å². The SMILES string of the molecule is c1ccc(-c2cccc(N(c3ccc(-c4cccc5ccccc45)cc3)c3ccc4c(c3)-c3ccccc3C43c4ccccc4-c4ccccc43)c2)cc1. The number of benzene rings is 9. The standard InChI is InChI=1S/C53H35N/c1-2-14-36(15-3-1)39-18-12-19-41(34-39)54(40-30-28-38(29-31-40)44-24-13-17-37-16-4-5-20-43(37)44)42-32-33-52-48(35-42)47-23-8-11-27-51(47)53(52)49-25-9-6-21-45(49)46-22-7-10-26-50(46)53/h1-35H. The number of hydrogen-bond acceptors (Lipinski definition) is 1. The van der Waals surface area contributed by atoms with E-state index in [-0.39, 0.29) is 5.41 Å². The summed E-state index contributed by atoms with van der Waals surface area (Å²) < 4.78 is 0. The number of hydrogen-bond donors (Lipinski definition) is 0. The Balaban J connectivity index is 1.11. The number of anilines is 3. The van der Waals surface area contributed by atoms with E-state index < -0.39 is 0 Å². The highest BCUT2D eigenvalue weighted by Crippen LogP contribution is 2.63. The first-order chi connectivity index (χ1) is 26.8. The number of fused-ring (bicyclic) bond motifs is 11. The molecule has 2 aliphatic carbocycles. The Hall–Kier alpha value is -6.96. The second kappa shape index (κ2) is 12.0. The molecule has 0 bridgehead atoms. The second-order valence-corrected chi connectivity index (χ2v) is 14.4. The molecule has 1 spiro atoms. The molecular weight excluding hydrogens is 651 g/mol. The first-order valence-corrected chi connectivity index (χ1v) is 18.8. The highest BCUT2D eigenvalue weighted by molar-refractivity contribution is 5.98. The summed E-state index contributed by atoms with van der Waals surface area (Å²) in [6.07, 6.45) is 0. The van der Waals surface area contributed by atoms with Gasteiger partial charge in [0.2, 0.25) is 0 Å². The smallest absolute Gasteiger partial charge is 0.0725 e. The molecule has 0 atom stereocenters. The van der Waals surface area contributed by atoms with Crippen molar-refractivity contribution in [3.05, 3.63) is 235 Å². The predicted molar refractivity (Wildman–Crippen MR) is 226 cm³/mol. The summed E-state index contributed by atoms with van der Waals surface area (Å²) in [5.74, 6) is 0. The molecule has 54 heavy (non-hydrogen) atoms. The zero-order valence-electron chi connectivity index (χ0n) is 29.7. The van der Waals surface area contributed by atoms with Gasteiger partial charge in [-0.1, -0.05) is 176 Å². The molecule has 0 heterocycles. The molecule has 252 valence electrons. The maximum Gasteiger partial charge on any atom is 0.0725 e. The van der Waals surface area contributed by atoms with Crippen molar-refractivity contribution in [2.75, 3.05) is 4.90 Å². The van der Waals surface area contributed by atoms with Crippen LogP contribution in [0.15, 0.2) is 212 Å². The van der Waals surface area contributed by atoms with Crippen molar-refractivity contribution < 1.29 is 0 Å². The molecule has 0 saturated heterocycles. The van der Waals surface area contributed by atoms with Crippen molar-refractivity contribution in [1.82, 2.24) is 0 Å². The molecule has 0 aliphatic heterocycles. The quantitative estimate of drug-likeness (QED) is 0.174. The average Bonchev–Trinajstić information content (AvgIpc) is 3.71. The summed E-state index contributed by atoms with van der Waals surface area (Å²) >= 11 is 0. The molecule has 0 amide bonds. The van der Waals surface area contributed by atoms with Crippen LogP contribution in [0.3, 0.4) is 0 Å². The molecule has 0 N–H and O–H groups in total. The van der Waals surface area contributed by atoms with Gasteiger partial charge >= 0.3 is 0 Å². The Morgan fingerprint density at radius 1 is 0.278 bits per heavy atom. The van der Waals surface area contributed by atoms with Crippen LogP contribution in [0.1, 0.15) is 22.3 Å². The minimum absolute atomic E-state index is 0.365. The van der Waals surface area contributed by atoms with Crippen LogP contribution in [0.25, 0.3) is 55.3 Å². The topological polar surface area (TPSA) is 3.24 Å². The van der Waals surface area contributed by atoms with Gasteiger partial charge in [-0.15, -0.1) is 0 Å². The number of nitrogens with zero attached hydrogens (tertiary/aromatic N) is 1. The van der Waals surface area contributed by atoms with Crippen molar-refractivity contribution in [3.63, 3.8) is 0 Å². The van der Waals surface area contributed by atoms with Crippen molar-refractivity contribution in [2.24, 2.45) is 0 Å². The summed E-state index contributed by atoms with van der Waals surface area (Å²) in [5, 5.41) is 2.52. The summed E-state index contributed by atoms with van der Waals surface area (Å²) in [6, 6.07) is 78.2. The minimum atomic E-state index is -0.365. The summed E-state index contributed by atoms with van der Waals surface area (Å²) in [7, 11) is 0. The minimum Gasteiger partial charge on any atom is -0.310 e. The summed E-state index contributed by atoms with van der Waals surface area (Å²) in [5.41, 5.74) is 18.5. The van der Waals surface area contributed by atoms with Crippen LogP contribution in [-0.4, -0.2) is 0 Å². The second-order valence-electron chi connectivity index (χ2n) is 14.4. The molecular formula is C53H35N. The molecule has 11 rings (SSSR count). The Morgan fingerprint density at radius 3 is 1.50 bits per heavy atom. The molecule has 0 fully saturated rings. The lowest BCUT2D eigenvalue weighted by atomic mass is 9.70. The van der Waals surface area contributed by atoms with Crippen LogP contribution < -0.4 is 4.90 Å².